The molecule has 1 aromatic heterocycles. The Morgan fingerprint density at radius 3 is 2.18 bits per heavy atom. The van der Waals surface area contributed by atoms with Crippen LogP contribution in [0.1, 0.15) is 49.4 Å². The van der Waals surface area contributed by atoms with Gasteiger partial charge in [-0.05, 0) is 25.0 Å². The monoisotopic (exact) mass is 400 g/mol. The molecule has 1 saturated carbocycles. The number of benzene rings is 1. The highest BCUT2D eigenvalue weighted by atomic mass is 32.2. The van der Waals surface area contributed by atoms with Crippen LogP contribution in [-0.2, 0) is 16.6 Å². The van der Waals surface area contributed by atoms with Gasteiger partial charge >= 0.3 is 0 Å². The van der Waals surface area contributed by atoms with Gasteiger partial charge in [-0.25, -0.2) is 18.4 Å². The fourth-order valence-electron chi connectivity index (χ4n) is 4.15. The van der Waals surface area contributed by atoms with Crippen molar-refractivity contribution in [2.45, 2.75) is 49.5 Å². The van der Waals surface area contributed by atoms with Gasteiger partial charge < -0.3 is 0 Å². The summed E-state index contributed by atoms with van der Waals surface area (Å²) < 4.78 is 27.0. The largest absolute Gasteiger partial charge is 0.296 e. The van der Waals surface area contributed by atoms with E-state index in [2.05, 4.69) is 14.9 Å². The third kappa shape index (κ3) is 4.42. The number of aromatic nitrogens is 2. The van der Waals surface area contributed by atoms with Gasteiger partial charge in [0, 0.05) is 56.6 Å². The lowest BCUT2D eigenvalue weighted by molar-refractivity contribution is 0.181. The van der Waals surface area contributed by atoms with Crippen molar-refractivity contribution in [3.63, 3.8) is 0 Å². The molecule has 0 bridgehead atoms. The zero-order valence-corrected chi connectivity index (χ0v) is 17.0. The summed E-state index contributed by atoms with van der Waals surface area (Å²) in [5, 5.41) is 0. The predicted molar refractivity (Wildman–Crippen MR) is 108 cm³/mol. The Bertz CT molecular complexity index is 857. The van der Waals surface area contributed by atoms with Crippen molar-refractivity contribution >= 4 is 10.0 Å². The molecule has 4 rings (SSSR count). The van der Waals surface area contributed by atoms with Crippen molar-refractivity contribution in [3.8, 4) is 0 Å². The molecule has 0 N–H and O–H groups in total. The molecule has 2 fully saturated rings. The van der Waals surface area contributed by atoms with Gasteiger partial charge in [0.1, 0.15) is 5.82 Å². The van der Waals surface area contributed by atoms with Crippen LogP contribution in [0.25, 0.3) is 0 Å². The number of hydrogen-bond acceptors (Lipinski definition) is 5. The Balaban J connectivity index is 1.32. The summed E-state index contributed by atoms with van der Waals surface area (Å²) >= 11 is 0. The van der Waals surface area contributed by atoms with Crippen molar-refractivity contribution in [2.75, 3.05) is 26.2 Å². The van der Waals surface area contributed by atoms with Crippen molar-refractivity contribution in [2.24, 2.45) is 0 Å². The lowest BCUT2D eigenvalue weighted by Crippen LogP contribution is -2.48. The van der Waals surface area contributed by atoms with E-state index < -0.39 is 10.0 Å². The minimum absolute atomic E-state index is 0.371. The van der Waals surface area contributed by atoms with E-state index in [1.165, 1.54) is 32.1 Å². The van der Waals surface area contributed by atoms with Crippen LogP contribution >= 0.6 is 0 Å². The highest BCUT2D eigenvalue weighted by Gasteiger charge is 2.28. The van der Waals surface area contributed by atoms with Crippen LogP contribution < -0.4 is 0 Å². The summed E-state index contributed by atoms with van der Waals surface area (Å²) in [6, 6.07) is 8.68. The Morgan fingerprint density at radius 2 is 1.54 bits per heavy atom. The molecule has 7 heteroatoms. The molecule has 0 spiro atoms. The Morgan fingerprint density at radius 1 is 0.893 bits per heavy atom. The van der Waals surface area contributed by atoms with Crippen molar-refractivity contribution < 1.29 is 8.42 Å². The SMILES string of the molecule is O=S(=O)(c1ccccc1)N1CCN(Cc2cnc(C3CCCCC3)nc2)CC1. The van der Waals surface area contributed by atoms with Crippen LogP contribution in [0.4, 0.5) is 0 Å². The van der Waals surface area contributed by atoms with E-state index in [0.29, 0.717) is 23.9 Å². The van der Waals surface area contributed by atoms with Crippen molar-refractivity contribution in [3.05, 3.63) is 54.1 Å². The molecule has 150 valence electrons. The highest BCUT2D eigenvalue weighted by molar-refractivity contribution is 7.89. The summed E-state index contributed by atoms with van der Waals surface area (Å²) in [5.41, 5.74) is 1.10. The Hall–Kier alpha value is -1.83. The maximum absolute atomic E-state index is 12.7. The summed E-state index contributed by atoms with van der Waals surface area (Å²) in [6.07, 6.45) is 10.2. The number of sulfonamides is 1. The molecule has 0 amide bonds. The summed E-state index contributed by atoms with van der Waals surface area (Å²) in [6.45, 7) is 3.23. The number of rotatable bonds is 5. The van der Waals surface area contributed by atoms with Crippen molar-refractivity contribution in [1.82, 2.24) is 19.2 Å². The third-order valence-corrected chi connectivity index (χ3v) is 7.73. The lowest BCUT2D eigenvalue weighted by atomic mass is 9.89. The van der Waals surface area contributed by atoms with Gasteiger partial charge in [-0.2, -0.15) is 4.31 Å². The first-order chi connectivity index (χ1) is 13.6. The maximum atomic E-state index is 12.7. The van der Waals surface area contributed by atoms with Crippen LogP contribution in [0.2, 0.25) is 0 Å². The van der Waals surface area contributed by atoms with E-state index in [-0.39, 0.29) is 0 Å². The molecular formula is C21H28N4O2S. The van der Waals surface area contributed by atoms with Gasteiger partial charge in [-0.15, -0.1) is 0 Å². The summed E-state index contributed by atoms with van der Waals surface area (Å²) in [4.78, 5) is 11.9. The minimum Gasteiger partial charge on any atom is -0.296 e. The molecule has 1 aromatic carbocycles. The minimum atomic E-state index is -3.39. The number of hydrogen-bond donors (Lipinski definition) is 0. The third-order valence-electron chi connectivity index (χ3n) is 5.81. The normalized spacial score (nSPS) is 20.3. The zero-order chi connectivity index (χ0) is 19.4. The standard InChI is InChI=1S/C21H28N4O2S/c26-28(27,20-9-5-2-6-10-20)25-13-11-24(12-14-25)17-18-15-22-21(23-16-18)19-7-3-1-4-8-19/h2,5-6,9-10,15-16,19H,1,3-4,7-8,11-14,17H2. The van der Waals surface area contributed by atoms with E-state index in [0.717, 1.165) is 31.0 Å². The molecule has 6 nitrogen and oxygen atoms in total. The van der Waals surface area contributed by atoms with Crippen LogP contribution in [-0.4, -0.2) is 53.8 Å². The second-order valence-corrected chi connectivity index (χ2v) is 9.72. The van der Waals surface area contributed by atoms with E-state index in [4.69, 9.17) is 0 Å². The predicted octanol–water partition coefficient (Wildman–Crippen LogP) is 3.03. The van der Waals surface area contributed by atoms with Gasteiger partial charge in [0.15, 0.2) is 0 Å². The van der Waals surface area contributed by atoms with Crippen LogP contribution in [0.5, 0.6) is 0 Å². The number of piperazine rings is 1. The van der Waals surface area contributed by atoms with E-state index >= 15 is 0 Å². The molecule has 2 aromatic rings. The molecule has 1 aliphatic carbocycles. The summed E-state index contributed by atoms with van der Waals surface area (Å²) in [7, 11) is -3.39. The highest BCUT2D eigenvalue weighted by Crippen LogP contribution is 2.30. The lowest BCUT2D eigenvalue weighted by Gasteiger charge is -2.33. The first-order valence-corrected chi connectivity index (χ1v) is 11.7. The van der Waals surface area contributed by atoms with Gasteiger partial charge in [0.25, 0.3) is 0 Å². The molecule has 2 aliphatic rings. The average molecular weight is 401 g/mol. The van der Waals surface area contributed by atoms with Gasteiger partial charge in [-0.1, -0.05) is 37.5 Å². The first-order valence-electron chi connectivity index (χ1n) is 10.2. The maximum Gasteiger partial charge on any atom is 0.243 e. The average Bonchev–Trinajstić information content (AvgIpc) is 2.76. The zero-order valence-electron chi connectivity index (χ0n) is 16.2. The van der Waals surface area contributed by atoms with Gasteiger partial charge in [0.05, 0.1) is 4.90 Å². The topological polar surface area (TPSA) is 66.4 Å². The molecule has 28 heavy (non-hydrogen) atoms. The van der Waals surface area contributed by atoms with Gasteiger partial charge in [-0.3, -0.25) is 4.90 Å². The molecular weight excluding hydrogens is 372 g/mol. The van der Waals surface area contributed by atoms with Crippen LogP contribution in [0.3, 0.4) is 0 Å². The van der Waals surface area contributed by atoms with Gasteiger partial charge in [0.2, 0.25) is 10.0 Å². The van der Waals surface area contributed by atoms with Crippen LogP contribution in [0.15, 0.2) is 47.6 Å². The second-order valence-electron chi connectivity index (χ2n) is 7.78. The molecule has 2 heterocycles. The van der Waals surface area contributed by atoms with E-state index in [1.54, 1.807) is 28.6 Å². The fraction of sp³-hybridized carbons (Fsp3) is 0.524. The molecule has 0 radical (unpaired) electrons. The Labute approximate surface area is 167 Å². The molecule has 0 unspecified atom stereocenters. The van der Waals surface area contributed by atoms with Crippen LogP contribution in [0, 0.1) is 0 Å². The quantitative estimate of drug-likeness (QED) is 0.772. The molecule has 1 saturated heterocycles. The Kier molecular flexibility index (Phi) is 6.04. The van der Waals surface area contributed by atoms with E-state index in [9.17, 15) is 8.42 Å². The second kappa shape index (κ2) is 8.68. The number of nitrogens with zero attached hydrogens (tertiary/aromatic N) is 4. The molecule has 1 aliphatic heterocycles. The first kappa shape index (κ1) is 19.5. The van der Waals surface area contributed by atoms with Crippen molar-refractivity contribution in [1.29, 1.82) is 0 Å². The molecule has 0 atom stereocenters. The fourth-order valence-corrected chi connectivity index (χ4v) is 5.59. The smallest absolute Gasteiger partial charge is 0.243 e. The van der Waals surface area contributed by atoms with E-state index in [1.807, 2.05) is 18.5 Å². The summed E-state index contributed by atoms with van der Waals surface area (Å²) in [5.74, 6) is 1.51.